The Labute approximate surface area is 102 Å². The fraction of sp³-hybridized carbons (Fsp3) is 0.286. The largest absolute Gasteiger partial charge is 0.264 e. The van der Waals surface area contributed by atoms with Crippen molar-refractivity contribution in [1.82, 2.24) is 0 Å². The first kappa shape index (κ1) is 14.9. The van der Waals surface area contributed by atoms with Gasteiger partial charge in [-0.25, -0.2) is 0 Å². The Kier molecular flexibility index (Phi) is 8.05. The fourth-order valence-electron chi connectivity index (χ4n) is 1.18. The molecule has 0 fully saturated rings. The molecule has 0 aromatic heterocycles. The van der Waals surface area contributed by atoms with E-state index in [0.29, 0.717) is 0 Å². The Bertz CT molecular complexity index is 395. The van der Waals surface area contributed by atoms with E-state index in [1.54, 1.807) is 18.2 Å². The Balaban J connectivity index is 4.79. The van der Waals surface area contributed by atoms with Crippen molar-refractivity contribution in [2.45, 2.75) is 13.8 Å². The minimum atomic E-state index is -0.369. The SMILES string of the molecule is C#C/C=C\C(=C/C[N+](=O)[O-])C(C)/C=C\C=C/C. The Morgan fingerprint density at radius 1 is 1.53 bits per heavy atom. The third-order valence-corrected chi connectivity index (χ3v) is 2.08. The standard InChI is InChI=1S/C14H17NO2/c1-4-6-8-9-13(3)14(10-7-5-2)11-12-15(16)17/h2,4,6-11,13H,12H2,1,3H3/b6-4-,9-8-,10-7-,14-11+. The van der Waals surface area contributed by atoms with Crippen LogP contribution >= 0.6 is 0 Å². The van der Waals surface area contributed by atoms with Gasteiger partial charge in [0.05, 0.1) is 0 Å². The summed E-state index contributed by atoms with van der Waals surface area (Å²) in [4.78, 5) is 9.96. The maximum atomic E-state index is 10.3. The van der Waals surface area contributed by atoms with Crippen molar-refractivity contribution in [2.24, 2.45) is 5.92 Å². The molecule has 1 unspecified atom stereocenters. The van der Waals surface area contributed by atoms with Crippen LogP contribution in [-0.4, -0.2) is 11.5 Å². The van der Waals surface area contributed by atoms with Gasteiger partial charge in [-0.3, -0.25) is 10.1 Å². The summed E-state index contributed by atoms with van der Waals surface area (Å²) in [6.45, 7) is 3.70. The second-order valence-electron chi connectivity index (χ2n) is 3.42. The number of hydrogen-bond donors (Lipinski definition) is 0. The van der Waals surface area contributed by atoms with E-state index in [0.717, 1.165) is 5.57 Å². The highest BCUT2D eigenvalue weighted by Gasteiger charge is 2.03. The van der Waals surface area contributed by atoms with E-state index in [1.165, 1.54) is 0 Å². The van der Waals surface area contributed by atoms with Crippen LogP contribution in [0.1, 0.15) is 13.8 Å². The van der Waals surface area contributed by atoms with Gasteiger partial charge in [-0.1, -0.05) is 43.2 Å². The quantitative estimate of drug-likeness (QED) is 0.305. The number of nitrogens with zero attached hydrogens (tertiary/aromatic N) is 1. The topological polar surface area (TPSA) is 43.1 Å². The zero-order valence-corrected chi connectivity index (χ0v) is 10.2. The highest BCUT2D eigenvalue weighted by molar-refractivity contribution is 5.29. The molecule has 0 aliphatic carbocycles. The van der Waals surface area contributed by atoms with Gasteiger partial charge < -0.3 is 0 Å². The van der Waals surface area contributed by atoms with Crippen molar-refractivity contribution in [3.8, 4) is 12.3 Å². The van der Waals surface area contributed by atoms with Crippen LogP contribution in [0.5, 0.6) is 0 Å². The Morgan fingerprint density at radius 2 is 2.24 bits per heavy atom. The molecule has 0 aromatic rings. The number of nitro groups is 1. The van der Waals surface area contributed by atoms with Crippen molar-refractivity contribution in [1.29, 1.82) is 0 Å². The molecule has 0 bridgehead atoms. The summed E-state index contributed by atoms with van der Waals surface area (Å²) < 4.78 is 0. The molecular formula is C14H17NO2. The van der Waals surface area contributed by atoms with Crippen LogP contribution in [0.25, 0.3) is 0 Å². The van der Waals surface area contributed by atoms with E-state index in [4.69, 9.17) is 6.42 Å². The van der Waals surface area contributed by atoms with Crippen molar-refractivity contribution in [2.75, 3.05) is 6.54 Å². The summed E-state index contributed by atoms with van der Waals surface area (Å²) in [7, 11) is 0. The predicted molar refractivity (Wildman–Crippen MR) is 71.0 cm³/mol. The van der Waals surface area contributed by atoms with Crippen LogP contribution in [0, 0.1) is 28.4 Å². The van der Waals surface area contributed by atoms with Gasteiger partial charge in [0.2, 0.25) is 6.54 Å². The lowest BCUT2D eigenvalue weighted by Crippen LogP contribution is -2.01. The molecule has 1 atom stereocenters. The molecule has 0 radical (unpaired) electrons. The highest BCUT2D eigenvalue weighted by atomic mass is 16.6. The zero-order chi connectivity index (χ0) is 13.1. The molecule has 0 saturated carbocycles. The van der Waals surface area contributed by atoms with Crippen LogP contribution in [0.4, 0.5) is 0 Å². The lowest BCUT2D eigenvalue weighted by atomic mass is 9.99. The fourth-order valence-corrected chi connectivity index (χ4v) is 1.18. The number of hydrogen-bond acceptors (Lipinski definition) is 2. The smallest absolute Gasteiger partial charge is 0.222 e. The average molecular weight is 231 g/mol. The molecule has 0 aromatic carbocycles. The highest BCUT2D eigenvalue weighted by Crippen LogP contribution is 2.13. The van der Waals surface area contributed by atoms with Crippen LogP contribution in [0.15, 0.2) is 48.1 Å². The van der Waals surface area contributed by atoms with Crippen LogP contribution in [0.3, 0.4) is 0 Å². The first-order chi connectivity index (χ1) is 8.11. The van der Waals surface area contributed by atoms with E-state index in [1.807, 2.05) is 38.2 Å². The zero-order valence-electron chi connectivity index (χ0n) is 10.2. The first-order valence-corrected chi connectivity index (χ1v) is 5.35. The third kappa shape index (κ3) is 7.80. The average Bonchev–Trinajstić information content (AvgIpc) is 2.29. The van der Waals surface area contributed by atoms with Gasteiger partial charge in [-0.2, -0.15) is 0 Å². The molecular weight excluding hydrogens is 214 g/mol. The lowest BCUT2D eigenvalue weighted by Gasteiger charge is -2.06. The van der Waals surface area contributed by atoms with E-state index in [-0.39, 0.29) is 17.4 Å². The molecule has 3 nitrogen and oxygen atoms in total. The monoisotopic (exact) mass is 231 g/mol. The van der Waals surface area contributed by atoms with Gasteiger partial charge in [0.1, 0.15) is 0 Å². The van der Waals surface area contributed by atoms with Crippen LogP contribution < -0.4 is 0 Å². The van der Waals surface area contributed by atoms with Gasteiger partial charge in [-0.15, -0.1) is 6.42 Å². The number of allylic oxidation sites excluding steroid dienone is 7. The lowest BCUT2D eigenvalue weighted by molar-refractivity contribution is -0.468. The molecule has 17 heavy (non-hydrogen) atoms. The molecule has 90 valence electrons. The van der Waals surface area contributed by atoms with E-state index in [2.05, 4.69) is 5.92 Å². The van der Waals surface area contributed by atoms with Gasteiger partial charge in [0.25, 0.3) is 0 Å². The molecule has 0 spiro atoms. The van der Waals surface area contributed by atoms with Crippen LogP contribution in [0.2, 0.25) is 0 Å². The number of rotatable bonds is 6. The molecule has 0 aliphatic rings. The van der Waals surface area contributed by atoms with Gasteiger partial charge in [0.15, 0.2) is 0 Å². The first-order valence-electron chi connectivity index (χ1n) is 5.35. The van der Waals surface area contributed by atoms with E-state index < -0.39 is 0 Å². The second kappa shape index (κ2) is 9.17. The predicted octanol–water partition coefficient (Wildman–Crippen LogP) is 3.15. The van der Waals surface area contributed by atoms with Gasteiger partial charge in [-0.05, 0) is 30.6 Å². The molecule has 0 aliphatic heterocycles. The Morgan fingerprint density at radius 3 is 2.76 bits per heavy atom. The second-order valence-corrected chi connectivity index (χ2v) is 3.42. The van der Waals surface area contributed by atoms with Crippen LogP contribution in [-0.2, 0) is 0 Å². The van der Waals surface area contributed by atoms with Gasteiger partial charge in [0, 0.05) is 4.92 Å². The summed E-state index contributed by atoms with van der Waals surface area (Å²) in [6, 6.07) is 0. The molecule has 0 N–H and O–H groups in total. The summed E-state index contributed by atoms with van der Waals surface area (Å²) in [6.07, 6.45) is 17.7. The Hall–Kier alpha value is -2.08. The van der Waals surface area contributed by atoms with Crippen molar-refractivity contribution >= 4 is 0 Å². The van der Waals surface area contributed by atoms with Crippen molar-refractivity contribution in [3.05, 3.63) is 58.2 Å². The molecule has 3 heteroatoms. The minimum Gasteiger partial charge on any atom is -0.264 e. The van der Waals surface area contributed by atoms with E-state index in [9.17, 15) is 10.1 Å². The molecule has 0 saturated heterocycles. The summed E-state index contributed by atoms with van der Waals surface area (Å²) in [5.41, 5.74) is 0.848. The maximum Gasteiger partial charge on any atom is 0.222 e. The minimum absolute atomic E-state index is 0.0933. The third-order valence-electron chi connectivity index (χ3n) is 2.08. The molecule has 0 heterocycles. The number of terminal acetylenes is 1. The normalized spacial score (nSPS) is 14.5. The summed E-state index contributed by atoms with van der Waals surface area (Å²) in [5.74, 6) is 2.47. The van der Waals surface area contributed by atoms with Crippen molar-refractivity contribution in [3.63, 3.8) is 0 Å². The molecule has 0 rings (SSSR count). The summed E-state index contributed by atoms with van der Waals surface area (Å²) in [5, 5.41) is 10.3. The maximum absolute atomic E-state index is 10.3. The van der Waals surface area contributed by atoms with Gasteiger partial charge >= 0.3 is 0 Å². The summed E-state index contributed by atoms with van der Waals surface area (Å²) >= 11 is 0. The molecule has 0 amide bonds. The van der Waals surface area contributed by atoms with Crippen molar-refractivity contribution < 1.29 is 4.92 Å². The van der Waals surface area contributed by atoms with E-state index >= 15 is 0 Å².